The molecule has 0 unspecified atom stereocenters. The van der Waals surface area contributed by atoms with Gasteiger partial charge >= 0.3 is 5.97 Å². The molecule has 0 fully saturated rings. The van der Waals surface area contributed by atoms with Crippen LogP contribution in [-0.4, -0.2) is 41.3 Å². The van der Waals surface area contributed by atoms with Gasteiger partial charge in [-0.05, 0) is 18.2 Å². The topological polar surface area (TPSA) is 116 Å². The molecule has 0 aliphatic rings. The third kappa shape index (κ3) is 3.12. The van der Waals surface area contributed by atoms with Gasteiger partial charge in [0.15, 0.2) is 5.69 Å². The van der Waals surface area contributed by atoms with Crippen LogP contribution in [0.3, 0.4) is 0 Å². The van der Waals surface area contributed by atoms with Gasteiger partial charge in [-0.25, -0.2) is 9.48 Å². The minimum atomic E-state index is -1.14. The lowest BCUT2D eigenvalue weighted by atomic mass is 10.2. The molecule has 0 radical (unpaired) electrons. The van der Waals surface area contributed by atoms with E-state index in [1.807, 2.05) is 18.2 Å². The van der Waals surface area contributed by atoms with Gasteiger partial charge in [0.2, 0.25) is 5.88 Å². The zero-order valence-corrected chi connectivity index (χ0v) is 12.1. The first-order valence-electron chi connectivity index (χ1n) is 6.65. The Bertz CT molecular complexity index is 816. The highest BCUT2D eigenvalue weighted by Gasteiger charge is 2.15. The SMILES string of the molecule is Cn1nnc(-c2ccccn2)c1COc1ccc(C(=O)O)nn1. The van der Waals surface area contributed by atoms with E-state index >= 15 is 0 Å². The number of carbonyl (C=O) groups is 1. The van der Waals surface area contributed by atoms with Gasteiger partial charge < -0.3 is 9.84 Å². The van der Waals surface area contributed by atoms with Crippen molar-refractivity contribution in [3.05, 3.63) is 47.9 Å². The molecule has 1 N–H and O–H groups in total. The molecule has 116 valence electrons. The first kappa shape index (κ1) is 14.6. The first-order valence-corrected chi connectivity index (χ1v) is 6.65. The van der Waals surface area contributed by atoms with Crippen LogP contribution in [0.1, 0.15) is 16.2 Å². The van der Waals surface area contributed by atoms with E-state index in [0.717, 1.165) is 0 Å². The number of ether oxygens (including phenoxy) is 1. The van der Waals surface area contributed by atoms with E-state index in [-0.39, 0.29) is 18.2 Å². The summed E-state index contributed by atoms with van der Waals surface area (Å²) in [7, 11) is 1.75. The van der Waals surface area contributed by atoms with Crippen molar-refractivity contribution in [1.29, 1.82) is 0 Å². The Balaban J connectivity index is 1.78. The third-order valence-electron chi connectivity index (χ3n) is 3.07. The molecule has 3 heterocycles. The highest BCUT2D eigenvalue weighted by molar-refractivity contribution is 5.84. The van der Waals surface area contributed by atoms with E-state index < -0.39 is 5.97 Å². The van der Waals surface area contributed by atoms with Crippen LogP contribution in [0.25, 0.3) is 11.4 Å². The van der Waals surface area contributed by atoms with Crippen LogP contribution in [-0.2, 0) is 13.7 Å². The molecular weight excluding hydrogens is 300 g/mol. The van der Waals surface area contributed by atoms with E-state index in [2.05, 4.69) is 25.5 Å². The van der Waals surface area contributed by atoms with E-state index in [1.54, 1.807) is 17.9 Å². The quantitative estimate of drug-likeness (QED) is 0.740. The molecule has 3 rings (SSSR count). The Morgan fingerprint density at radius 3 is 2.74 bits per heavy atom. The van der Waals surface area contributed by atoms with Gasteiger partial charge in [0, 0.05) is 19.3 Å². The molecule has 9 heteroatoms. The second kappa shape index (κ2) is 6.18. The number of hydrogen-bond acceptors (Lipinski definition) is 7. The molecule has 0 spiro atoms. The lowest BCUT2D eigenvalue weighted by Gasteiger charge is -2.06. The van der Waals surface area contributed by atoms with Gasteiger partial charge in [-0.15, -0.1) is 15.3 Å². The Hall–Kier alpha value is -3.36. The number of rotatable bonds is 5. The van der Waals surface area contributed by atoms with Crippen molar-refractivity contribution in [2.75, 3.05) is 0 Å². The Labute approximate surface area is 130 Å². The fourth-order valence-electron chi connectivity index (χ4n) is 1.89. The van der Waals surface area contributed by atoms with Crippen molar-refractivity contribution >= 4 is 5.97 Å². The lowest BCUT2D eigenvalue weighted by molar-refractivity contribution is 0.0689. The number of carboxylic acids is 1. The summed E-state index contributed by atoms with van der Waals surface area (Å²) in [4.78, 5) is 15.0. The van der Waals surface area contributed by atoms with Crippen LogP contribution < -0.4 is 4.74 Å². The number of aromatic nitrogens is 6. The summed E-state index contributed by atoms with van der Waals surface area (Å²) in [6, 6.07) is 8.27. The smallest absolute Gasteiger partial charge is 0.356 e. The van der Waals surface area contributed by atoms with E-state index in [9.17, 15) is 4.79 Å². The van der Waals surface area contributed by atoms with Crippen LogP contribution in [0.15, 0.2) is 36.5 Å². The van der Waals surface area contributed by atoms with Crippen LogP contribution in [0.2, 0.25) is 0 Å². The summed E-state index contributed by atoms with van der Waals surface area (Å²) in [5, 5.41) is 24.1. The van der Waals surface area contributed by atoms with E-state index in [1.165, 1.54) is 12.1 Å². The van der Waals surface area contributed by atoms with E-state index in [4.69, 9.17) is 9.84 Å². The van der Waals surface area contributed by atoms with Gasteiger partial charge in [0.25, 0.3) is 0 Å². The standard InChI is InChI=1S/C14H12N6O3/c1-20-11(13(18-19-20)9-4-2-3-7-15-9)8-23-12-6-5-10(14(21)22)16-17-12/h2-7H,8H2,1H3,(H,21,22). The molecule has 0 amide bonds. The van der Waals surface area contributed by atoms with Crippen molar-refractivity contribution in [3.63, 3.8) is 0 Å². The number of hydrogen-bond donors (Lipinski definition) is 1. The molecular formula is C14H12N6O3. The highest BCUT2D eigenvalue weighted by atomic mass is 16.5. The van der Waals surface area contributed by atoms with Gasteiger partial charge in [0.1, 0.15) is 18.0 Å². The monoisotopic (exact) mass is 312 g/mol. The molecule has 3 aromatic heterocycles. The Morgan fingerprint density at radius 1 is 1.22 bits per heavy atom. The maximum Gasteiger partial charge on any atom is 0.356 e. The van der Waals surface area contributed by atoms with Gasteiger partial charge in [0.05, 0.1) is 5.69 Å². The van der Waals surface area contributed by atoms with Crippen LogP contribution in [0, 0.1) is 0 Å². The predicted molar refractivity (Wildman–Crippen MR) is 77.6 cm³/mol. The molecule has 0 saturated carbocycles. The first-order chi connectivity index (χ1) is 11.1. The average Bonchev–Trinajstić information content (AvgIpc) is 2.95. The summed E-state index contributed by atoms with van der Waals surface area (Å²) < 4.78 is 7.12. The molecule has 0 aliphatic heterocycles. The molecule has 23 heavy (non-hydrogen) atoms. The van der Waals surface area contributed by atoms with Crippen molar-refractivity contribution in [2.45, 2.75) is 6.61 Å². The van der Waals surface area contributed by atoms with Gasteiger partial charge in [-0.2, -0.15) is 0 Å². The maximum atomic E-state index is 10.7. The molecule has 0 saturated heterocycles. The highest BCUT2D eigenvalue weighted by Crippen LogP contribution is 2.19. The Kier molecular flexibility index (Phi) is 3.91. The zero-order chi connectivity index (χ0) is 16.2. The number of aryl methyl sites for hydroxylation is 1. The molecule has 9 nitrogen and oxygen atoms in total. The van der Waals surface area contributed by atoms with Crippen molar-refractivity contribution in [2.24, 2.45) is 7.05 Å². The summed E-state index contributed by atoms with van der Waals surface area (Å²) in [6.07, 6.45) is 1.67. The second-order valence-electron chi connectivity index (χ2n) is 4.57. The number of carboxylic acid groups (broad SMARTS) is 1. The summed E-state index contributed by atoms with van der Waals surface area (Å²) in [5.41, 5.74) is 1.87. The minimum absolute atomic E-state index is 0.145. The summed E-state index contributed by atoms with van der Waals surface area (Å²) >= 11 is 0. The minimum Gasteiger partial charge on any atom is -0.476 e. The number of aromatic carboxylic acids is 1. The molecule has 0 atom stereocenters. The lowest BCUT2D eigenvalue weighted by Crippen LogP contribution is -2.07. The fourth-order valence-corrected chi connectivity index (χ4v) is 1.89. The van der Waals surface area contributed by atoms with Crippen LogP contribution in [0.4, 0.5) is 0 Å². The van der Waals surface area contributed by atoms with Crippen LogP contribution in [0.5, 0.6) is 5.88 Å². The zero-order valence-electron chi connectivity index (χ0n) is 12.1. The average molecular weight is 312 g/mol. The molecule has 0 aliphatic carbocycles. The molecule has 3 aromatic rings. The molecule has 0 aromatic carbocycles. The number of pyridine rings is 1. The summed E-state index contributed by atoms with van der Waals surface area (Å²) in [6.45, 7) is 0.149. The largest absolute Gasteiger partial charge is 0.476 e. The van der Waals surface area contributed by atoms with E-state index in [0.29, 0.717) is 17.1 Å². The predicted octanol–water partition coefficient (Wildman–Crippen LogP) is 0.944. The summed E-state index contributed by atoms with van der Waals surface area (Å²) in [5.74, 6) is -0.930. The fraction of sp³-hybridized carbons (Fsp3) is 0.143. The van der Waals surface area contributed by atoms with Gasteiger partial charge in [-0.3, -0.25) is 4.98 Å². The van der Waals surface area contributed by atoms with Gasteiger partial charge in [-0.1, -0.05) is 11.3 Å². The number of nitrogens with zero attached hydrogens (tertiary/aromatic N) is 6. The van der Waals surface area contributed by atoms with Crippen molar-refractivity contribution in [3.8, 4) is 17.3 Å². The Morgan fingerprint density at radius 2 is 2.09 bits per heavy atom. The molecule has 0 bridgehead atoms. The normalized spacial score (nSPS) is 10.5. The third-order valence-corrected chi connectivity index (χ3v) is 3.07. The second-order valence-corrected chi connectivity index (χ2v) is 4.57. The van der Waals surface area contributed by atoms with Crippen molar-refractivity contribution < 1.29 is 14.6 Å². The maximum absolute atomic E-state index is 10.7. The van der Waals surface area contributed by atoms with Crippen molar-refractivity contribution in [1.82, 2.24) is 30.2 Å². The van der Waals surface area contributed by atoms with Crippen LogP contribution >= 0.6 is 0 Å².